The van der Waals surface area contributed by atoms with E-state index in [0.29, 0.717) is 18.8 Å². The number of aromatic nitrogens is 2. The highest BCUT2D eigenvalue weighted by Crippen LogP contribution is 2.21. The predicted molar refractivity (Wildman–Crippen MR) is 82.5 cm³/mol. The van der Waals surface area contributed by atoms with Crippen molar-refractivity contribution in [2.45, 2.75) is 31.8 Å². The Labute approximate surface area is 125 Å². The number of sulfonamides is 1. The first-order chi connectivity index (χ1) is 10.1. The molecule has 0 atom stereocenters. The highest BCUT2D eigenvalue weighted by atomic mass is 32.2. The molecule has 0 saturated carbocycles. The molecule has 0 aliphatic rings. The van der Waals surface area contributed by atoms with Gasteiger partial charge in [0.05, 0.1) is 11.9 Å². The van der Waals surface area contributed by atoms with Crippen LogP contribution in [0.2, 0.25) is 0 Å². The van der Waals surface area contributed by atoms with Crippen LogP contribution in [0.4, 0.5) is 5.69 Å². The molecule has 0 fully saturated rings. The van der Waals surface area contributed by atoms with Gasteiger partial charge in [-0.3, -0.25) is 4.68 Å². The number of rotatable bonds is 7. The summed E-state index contributed by atoms with van der Waals surface area (Å²) >= 11 is 0. The maximum atomic E-state index is 12.1. The third kappa shape index (κ3) is 3.83. The average molecular weight is 308 g/mol. The average Bonchev–Trinajstić information content (AvgIpc) is 2.93. The third-order valence-electron chi connectivity index (χ3n) is 3.00. The molecule has 0 saturated heterocycles. The van der Waals surface area contributed by atoms with Gasteiger partial charge in [0, 0.05) is 31.4 Å². The van der Waals surface area contributed by atoms with E-state index in [4.69, 9.17) is 0 Å². The van der Waals surface area contributed by atoms with E-state index in [2.05, 4.69) is 15.1 Å². The summed E-state index contributed by atoms with van der Waals surface area (Å²) in [7, 11) is -3.48. The van der Waals surface area contributed by atoms with Crippen molar-refractivity contribution in [1.82, 2.24) is 14.5 Å². The van der Waals surface area contributed by atoms with E-state index in [0.717, 1.165) is 12.1 Å². The summed E-state index contributed by atoms with van der Waals surface area (Å²) in [5, 5.41) is 7.35. The minimum absolute atomic E-state index is 0.259. The Morgan fingerprint density at radius 2 is 2.00 bits per heavy atom. The molecule has 114 valence electrons. The Hall–Kier alpha value is -1.86. The fourth-order valence-corrected chi connectivity index (χ4v) is 3.21. The molecule has 1 aromatic heterocycles. The zero-order valence-corrected chi connectivity index (χ0v) is 13.0. The first-order valence-corrected chi connectivity index (χ1v) is 8.39. The molecule has 2 aromatic rings. The van der Waals surface area contributed by atoms with Gasteiger partial charge in [-0.05, 0) is 19.1 Å². The summed E-state index contributed by atoms with van der Waals surface area (Å²) in [5.74, 6) is 0. The molecule has 0 unspecified atom stereocenters. The minimum Gasteiger partial charge on any atom is -0.380 e. The largest absolute Gasteiger partial charge is 0.380 e. The van der Waals surface area contributed by atoms with Gasteiger partial charge in [0.2, 0.25) is 10.0 Å². The van der Waals surface area contributed by atoms with Gasteiger partial charge in [0.15, 0.2) is 0 Å². The standard InChI is InChI=1S/C14H20N4O2S/c1-3-17-21(19,20)14-8-6-5-7-13(14)15-9-12-10-16-18(4-2)11-12/h5-8,10-11,15,17H,3-4,9H2,1-2H3. The molecule has 2 N–H and O–H groups in total. The lowest BCUT2D eigenvalue weighted by molar-refractivity contribution is 0.584. The highest BCUT2D eigenvalue weighted by molar-refractivity contribution is 7.89. The monoisotopic (exact) mass is 308 g/mol. The molecular formula is C14H20N4O2S. The van der Waals surface area contributed by atoms with E-state index in [1.165, 1.54) is 0 Å². The van der Waals surface area contributed by atoms with Crippen LogP contribution in [-0.2, 0) is 23.1 Å². The fourth-order valence-electron chi connectivity index (χ4n) is 1.98. The summed E-state index contributed by atoms with van der Waals surface area (Å²) in [5.41, 5.74) is 1.59. The summed E-state index contributed by atoms with van der Waals surface area (Å²) in [6.45, 7) is 5.47. The topological polar surface area (TPSA) is 76.0 Å². The van der Waals surface area contributed by atoms with E-state index < -0.39 is 10.0 Å². The first-order valence-electron chi connectivity index (χ1n) is 6.90. The van der Waals surface area contributed by atoms with E-state index in [9.17, 15) is 8.42 Å². The molecule has 0 aliphatic heterocycles. The van der Waals surface area contributed by atoms with Gasteiger partial charge in [-0.2, -0.15) is 5.10 Å². The molecule has 0 radical (unpaired) electrons. The second-order valence-corrected chi connectivity index (χ2v) is 6.29. The summed E-state index contributed by atoms with van der Waals surface area (Å²) in [4.78, 5) is 0.259. The van der Waals surface area contributed by atoms with Crippen LogP contribution < -0.4 is 10.0 Å². The molecule has 0 amide bonds. The number of aryl methyl sites for hydroxylation is 1. The third-order valence-corrected chi connectivity index (χ3v) is 4.61. The van der Waals surface area contributed by atoms with E-state index in [-0.39, 0.29) is 4.90 Å². The molecular weight excluding hydrogens is 288 g/mol. The van der Waals surface area contributed by atoms with Gasteiger partial charge in [0.1, 0.15) is 4.90 Å². The second kappa shape index (κ2) is 6.73. The Balaban J connectivity index is 2.17. The number of nitrogens with one attached hydrogen (secondary N) is 2. The lowest BCUT2D eigenvalue weighted by Crippen LogP contribution is -2.24. The molecule has 21 heavy (non-hydrogen) atoms. The summed E-state index contributed by atoms with van der Waals surface area (Å²) in [6, 6.07) is 6.87. The first kappa shape index (κ1) is 15.5. The number of anilines is 1. The van der Waals surface area contributed by atoms with Crippen molar-refractivity contribution in [3.05, 3.63) is 42.2 Å². The number of hydrogen-bond acceptors (Lipinski definition) is 4. The van der Waals surface area contributed by atoms with Crippen LogP contribution in [0.3, 0.4) is 0 Å². The smallest absolute Gasteiger partial charge is 0.242 e. The molecule has 7 heteroatoms. The Bertz CT molecular complexity index is 695. The van der Waals surface area contributed by atoms with Crippen molar-refractivity contribution in [2.24, 2.45) is 0 Å². The molecule has 2 rings (SSSR count). The lowest BCUT2D eigenvalue weighted by atomic mass is 10.3. The molecule has 1 aromatic carbocycles. The van der Waals surface area contributed by atoms with Crippen molar-refractivity contribution < 1.29 is 8.42 Å². The zero-order valence-electron chi connectivity index (χ0n) is 12.2. The SMILES string of the molecule is CCNS(=O)(=O)c1ccccc1NCc1cnn(CC)c1. The molecule has 1 heterocycles. The zero-order chi connectivity index (χ0) is 15.3. The van der Waals surface area contributed by atoms with Crippen molar-refractivity contribution in [1.29, 1.82) is 0 Å². The van der Waals surface area contributed by atoms with E-state index >= 15 is 0 Å². The van der Waals surface area contributed by atoms with Crippen LogP contribution >= 0.6 is 0 Å². The number of nitrogens with zero attached hydrogens (tertiary/aromatic N) is 2. The normalized spacial score (nSPS) is 11.5. The predicted octanol–water partition coefficient (Wildman–Crippen LogP) is 1.81. The quantitative estimate of drug-likeness (QED) is 0.818. The van der Waals surface area contributed by atoms with Gasteiger partial charge < -0.3 is 5.32 Å². The van der Waals surface area contributed by atoms with Crippen molar-refractivity contribution in [2.75, 3.05) is 11.9 Å². The van der Waals surface area contributed by atoms with Gasteiger partial charge in [-0.15, -0.1) is 0 Å². The maximum absolute atomic E-state index is 12.1. The van der Waals surface area contributed by atoms with Gasteiger partial charge in [-0.25, -0.2) is 13.1 Å². The van der Waals surface area contributed by atoms with Crippen LogP contribution in [-0.4, -0.2) is 24.7 Å². The van der Waals surface area contributed by atoms with Gasteiger partial charge >= 0.3 is 0 Å². The van der Waals surface area contributed by atoms with Crippen LogP contribution in [0.1, 0.15) is 19.4 Å². The van der Waals surface area contributed by atoms with Crippen molar-refractivity contribution in [3.8, 4) is 0 Å². The van der Waals surface area contributed by atoms with Crippen LogP contribution in [0.25, 0.3) is 0 Å². The fraction of sp³-hybridized carbons (Fsp3) is 0.357. The Morgan fingerprint density at radius 3 is 2.67 bits per heavy atom. The van der Waals surface area contributed by atoms with Crippen molar-refractivity contribution in [3.63, 3.8) is 0 Å². The second-order valence-electron chi connectivity index (χ2n) is 4.56. The Morgan fingerprint density at radius 1 is 1.24 bits per heavy atom. The molecule has 6 nitrogen and oxygen atoms in total. The minimum atomic E-state index is -3.48. The molecule has 0 bridgehead atoms. The maximum Gasteiger partial charge on any atom is 0.242 e. The Kier molecular flexibility index (Phi) is 4.98. The molecule has 0 spiro atoms. The number of hydrogen-bond donors (Lipinski definition) is 2. The van der Waals surface area contributed by atoms with Crippen LogP contribution in [0.15, 0.2) is 41.6 Å². The van der Waals surface area contributed by atoms with Crippen LogP contribution in [0.5, 0.6) is 0 Å². The van der Waals surface area contributed by atoms with E-state index in [1.807, 2.05) is 23.9 Å². The summed E-state index contributed by atoms with van der Waals surface area (Å²) < 4.78 is 28.6. The number of para-hydroxylation sites is 1. The van der Waals surface area contributed by atoms with Gasteiger partial charge in [-0.1, -0.05) is 19.1 Å². The van der Waals surface area contributed by atoms with Crippen LogP contribution in [0, 0.1) is 0 Å². The van der Waals surface area contributed by atoms with Crippen molar-refractivity contribution >= 4 is 15.7 Å². The highest BCUT2D eigenvalue weighted by Gasteiger charge is 2.16. The lowest BCUT2D eigenvalue weighted by Gasteiger charge is -2.12. The van der Waals surface area contributed by atoms with E-state index in [1.54, 1.807) is 31.3 Å². The number of benzene rings is 1. The van der Waals surface area contributed by atoms with Gasteiger partial charge in [0.25, 0.3) is 0 Å². The summed E-state index contributed by atoms with van der Waals surface area (Å²) in [6.07, 6.45) is 3.71. The molecule has 0 aliphatic carbocycles.